The van der Waals surface area contributed by atoms with Crippen LogP contribution in [0.5, 0.6) is 0 Å². The zero-order valence-corrected chi connectivity index (χ0v) is 16.6. The number of hydrogen-bond donors (Lipinski definition) is 1. The van der Waals surface area contributed by atoms with E-state index in [4.69, 9.17) is 0 Å². The lowest BCUT2D eigenvalue weighted by molar-refractivity contribution is -0.115. The summed E-state index contributed by atoms with van der Waals surface area (Å²) in [6.45, 7) is 0.598. The number of hydrogen-bond acceptors (Lipinski definition) is 3. The monoisotopic (exact) mass is 430 g/mol. The van der Waals surface area contributed by atoms with Crippen LogP contribution >= 0.6 is 27.7 Å². The predicted octanol–water partition coefficient (Wildman–Crippen LogP) is 4.69. The smallest absolute Gasteiger partial charge is 0.254 e. The van der Waals surface area contributed by atoms with Gasteiger partial charge in [-0.25, -0.2) is 0 Å². The summed E-state index contributed by atoms with van der Waals surface area (Å²) in [5.41, 5.74) is 2.49. The van der Waals surface area contributed by atoms with Crippen molar-refractivity contribution in [1.29, 1.82) is 0 Å². The van der Waals surface area contributed by atoms with Gasteiger partial charge in [-0.05, 0) is 48.7 Å². The Labute approximate surface area is 165 Å². The number of nitrogens with one attached hydrogen (secondary N) is 1. The molecule has 1 saturated carbocycles. The molecule has 0 saturated heterocycles. The average Bonchev–Trinajstić information content (AvgIpc) is 3.46. The summed E-state index contributed by atoms with van der Waals surface area (Å²) in [6.07, 6.45) is 2.61. The molecule has 1 fully saturated rings. The average molecular weight is 431 g/mol. The lowest BCUT2D eigenvalue weighted by Crippen LogP contribution is -2.32. The maximum Gasteiger partial charge on any atom is 0.254 e. The zero-order valence-electron chi connectivity index (χ0n) is 14.2. The Hall–Kier alpha value is -1.79. The first-order valence-electron chi connectivity index (χ1n) is 8.72. The van der Waals surface area contributed by atoms with E-state index in [9.17, 15) is 9.59 Å². The topological polar surface area (TPSA) is 49.4 Å². The number of benzene rings is 2. The molecule has 0 aromatic heterocycles. The van der Waals surface area contributed by atoms with Gasteiger partial charge in [-0.1, -0.05) is 28.1 Å². The fraction of sp³-hybridized carbons (Fsp3) is 0.300. The van der Waals surface area contributed by atoms with Gasteiger partial charge in [0, 0.05) is 39.7 Å². The molecule has 2 aromatic rings. The van der Waals surface area contributed by atoms with E-state index >= 15 is 0 Å². The second-order valence-electron chi connectivity index (χ2n) is 6.65. The van der Waals surface area contributed by atoms with Crippen molar-refractivity contribution in [3.05, 3.63) is 58.1 Å². The number of thioether (sulfide) groups is 1. The predicted molar refractivity (Wildman–Crippen MR) is 107 cm³/mol. The molecule has 0 radical (unpaired) electrons. The highest BCUT2D eigenvalue weighted by Gasteiger charge is 2.33. The lowest BCUT2D eigenvalue weighted by atomic mass is 10.1. The number of fused-ring (bicyclic) bond motifs is 1. The molecule has 6 heteroatoms. The third-order valence-corrected chi connectivity index (χ3v) is 6.15. The third-order valence-electron chi connectivity index (χ3n) is 4.58. The molecule has 0 atom stereocenters. The molecule has 2 aromatic carbocycles. The lowest BCUT2D eigenvalue weighted by Gasteiger charge is -2.23. The van der Waals surface area contributed by atoms with Crippen LogP contribution in [0.2, 0.25) is 0 Å². The molecule has 2 amide bonds. The van der Waals surface area contributed by atoms with E-state index in [2.05, 4.69) is 27.3 Å². The molecule has 1 aliphatic carbocycles. The van der Waals surface area contributed by atoms with Crippen molar-refractivity contribution in [1.82, 2.24) is 4.90 Å². The van der Waals surface area contributed by atoms with Crippen molar-refractivity contribution in [2.75, 3.05) is 11.1 Å². The van der Waals surface area contributed by atoms with Gasteiger partial charge in [0.05, 0.1) is 5.69 Å². The number of nitrogens with zero attached hydrogens (tertiary/aromatic N) is 1. The highest BCUT2D eigenvalue weighted by Crippen LogP contribution is 2.34. The number of carbonyl (C=O) groups is 2. The molecule has 4 rings (SSSR count). The Balaban J connectivity index is 1.59. The standard InChI is InChI=1S/C20H19BrN2O2S/c21-15-3-1-2-13(10-15)12-23(16-5-6-16)20(25)14-4-7-18-17(11-14)22-19(24)8-9-26-18/h1-4,7,10-11,16H,5-6,8-9,12H2,(H,22,24). The van der Waals surface area contributed by atoms with E-state index in [0.29, 0.717) is 24.6 Å². The third kappa shape index (κ3) is 3.96. The number of amides is 2. The fourth-order valence-electron chi connectivity index (χ4n) is 3.10. The van der Waals surface area contributed by atoms with Crippen LogP contribution in [0.25, 0.3) is 0 Å². The first-order valence-corrected chi connectivity index (χ1v) is 10.5. The molecule has 26 heavy (non-hydrogen) atoms. The molecule has 1 N–H and O–H groups in total. The second-order valence-corrected chi connectivity index (χ2v) is 8.70. The molecular weight excluding hydrogens is 412 g/mol. The summed E-state index contributed by atoms with van der Waals surface area (Å²) < 4.78 is 1.02. The van der Waals surface area contributed by atoms with Crippen LogP contribution in [-0.2, 0) is 11.3 Å². The van der Waals surface area contributed by atoms with Crippen molar-refractivity contribution in [3.63, 3.8) is 0 Å². The molecule has 2 aliphatic rings. The maximum atomic E-state index is 13.2. The normalized spacial score (nSPS) is 16.4. The molecule has 134 valence electrons. The minimum Gasteiger partial charge on any atom is -0.331 e. The second kappa shape index (κ2) is 7.45. The quantitative estimate of drug-likeness (QED) is 0.765. The van der Waals surface area contributed by atoms with Crippen molar-refractivity contribution in [3.8, 4) is 0 Å². The first-order chi connectivity index (χ1) is 12.6. The Morgan fingerprint density at radius 3 is 2.85 bits per heavy atom. The van der Waals surface area contributed by atoms with Crippen LogP contribution in [0, 0.1) is 0 Å². The van der Waals surface area contributed by atoms with Crippen LogP contribution < -0.4 is 5.32 Å². The minimum atomic E-state index is 0.00836. The van der Waals surface area contributed by atoms with Crippen molar-refractivity contribution >= 4 is 45.2 Å². The molecule has 4 nitrogen and oxygen atoms in total. The Kier molecular flexibility index (Phi) is 5.05. The van der Waals surface area contributed by atoms with Gasteiger partial charge in [0.15, 0.2) is 0 Å². The highest BCUT2D eigenvalue weighted by atomic mass is 79.9. The largest absolute Gasteiger partial charge is 0.331 e. The fourth-order valence-corrected chi connectivity index (χ4v) is 4.49. The van der Waals surface area contributed by atoms with Crippen LogP contribution in [0.15, 0.2) is 51.8 Å². The van der Waals surface area contributed by atoms with Gasteiger partial charge in [-0.15, -0.1) is 11.8 Å². The summed E-state index contributed by atoms with van der Waals surface area (Å²) >= 11 is 5.15. The first kappa shape index (κ1) is 17.6. The van der Waals surface area contributed by atoms with Crippen LogP contribution in [0.3, 0.4) is 0 Å². The van der Waals surface area contributed by atoms with Gasteiger partial charge < -0.3 is 10.2 Å². The van der Waals surface area contributed by atoms with Gasteiger partial charge in [-0.2, -0.15) is 0 Å². The van der Waals surface area contributed by atoms with E-state index in [1.165, 1.54) is 0 Å². The maximum absolute atomic E-state index is 13.2. The SMILES string of the molecule is O=C1CCSc2ccc(C(=O)N(Cc3cccc(Br)c3)C3CC3)cc2N1. The zero-order chi connectivity index (χ0) is 18.1. The van der Waals surface area contributed by atoms with Crippen LogP contribution in [0.1, 0.15) is 35.2 Å². The van der Waals surface area contributed by atoms with E-state index in [1.807, 2.05) is 41.3 Å². The number of halogens is 1. The van der Waals surface area contributed by atoms with Crippen molar-refractivity contribution in [2.45, 2.75) is 36.7 Å². The summed E-state index contributed by atoms with van der Waals surface area (Å²) in [5, 5.41) is 2.92. The molecule has 0 bridgehead atoms. The van der Waals surface area contributed by atoms with Crippen molar-refractivity contribution < 1.29 is 9.59 Å². The minimum absolute atomic E-state index is 0.00836. The van der Waals surface area contributed by atoms with E-state index in [-0.39, 0.29) is 11.8 Å². The van der Waals surface area contributed by atoms with Gasteiger partial charge in [0.25, 0.3) is 5.91 Å². The van der Waals surface area contributed by atoms with E-state index in [1.54, 1.807) is 11.8 Å². The number of anilines is 1. The molecule has 1 aliphatic heterocycles. The number of carbonyl (C=O) groups excluding carboxylic acids is 2. The van der Waals surface area contributed by atoms with Gasteiger partial charge in [0.1, 0.15) is 0 Å². The van der Waals surface area contributed by atoms with Crippen LogP contribution in [-0.4, -0.2) is 28.5 Å². The van der Waals surface area contributed by atoms with Crippen LogP contribution in [0.4, 0.5) is 5.69 Å². The summed E-state index contributed by atoms with van der Waals surface area (Å²) in [6, 6.07) is 14.0. The Morgan fingerprint density at radius 2 is 2.08 bits per heavy atom. The van der Waals surface area contributed by atoms with E-state index in [0.717, 1.165) is 39.2 Å². The number of rotatable bonds is 4. The van der Waals surface area contributed by atoms with E-state index < -0.39 is 0 Å². The van der Waals surface area contributed by atoms with Gasteiger partial charge in [0.2, 0.25) is 5.91 Å². The molecular formula is C20H19BrN2O2S. The Bertz CT molecular complexity index is 867. The summed E-state index contributed by atoms with van der Waals surface area (Å²) in [7, 11) is 0. The van der Waals surface area contributed by atoms with Crippen molar-refractivity contribution in [2.24, 2.45) is 0 Å². The molecule has 0 unspecified atom stereocenters. The summed E-state index contributed by atoms with van der Waals surface area (Å²) in [5.74, 6) is 0.802. The van der Waals surface area contributed by atoms with Gasteiger partial charge in [-0.3, -0.25) is 9.59 Å². The molecule has 1 heterocycles. The van der Waals surface area contributed by atoms with Gasteiger partial charge >= 0.3 is 0 Å². The highest BCUT2D eigenvalue weighted by molar-refractivity contribution is 9.10. The Morgan fingerprint density at radius 1 is 1.23 bits per heavy atom. The molecule has 0 spiro atoms. The summed E-state index contributed by atoms with van der Waals surface area (Å²) in [4.78, 5) is 28.0.